The van der Waals surface area contributed by atoms with Crippen molar-refractivity contribution in [3.05, 3.63) is 30.9 Å². The molecule has 30 heavy (non-hydrogen) atoms. The summed E-state index contributed by atoms with van der Waals surface area (Å²) in [4.78, 5) is 27.8. The van der Waals surface area contributed by atoms with Gasteiger partial charge in [0.25, 0.3) is 0 Å². The number of aromatic nitrogens is 4. The number of rotatable bonds is 4. The van der Waals surface area contributed by atoms with Gasteiger partial charge in [0.2, 0.25) is 0 Å². The Morgan fingerprint density at radius 3 is 2.67 bits per heavy atom. The largest absolute Gasteiger partial charge is 0.446 e. The Morgan fingerprint density at radius 1 is 1.20 bits per heavy atom. The van der Waals surface area contributed by atoms with Crippen LogP contribution in [0.3, 0.4) is 0 Å². The number of amides is 1. The van der Waals surface area contributed by atoms with Crippen LogP contribution in [-0.4, -0.2) is 62.8 Å². The summed E-state index contributed by atoms with van der Waals surface area (Å²) in [5.41, 5.74) is 2.72. The molecule has 3 aromatic rings. The van der Waals surface area contributed by atoms with E-state index in [0.29, 0.717) is 43.2 Å². The number of aromatic amines is 1. The van der Waals surface area contributed by atoms with Crippen molar-refractivity contribution >= 4 is 22.8 Å². The monoisotopic (exact) mass is 416 g/mol. The first-order chi connectivity index (χ1) is 14.6. The highest BCUT2D eigenvalue weighted by Crippen LogP contribution is 2.31. The number of alkyl halides is 2. The number of halogens is 2. The fraction of sp³-hybridized carbons (Fsp3) is 0.450. The van der Waals surface area contributed by atoms with Crippen molar-refractivity contribution in [1.29, 1.82) is 0 Å². The van der Waals surface area contributed by atoms with E-state index in [-0.39, 0.29) is 12.2 Å². The highest BCUT2D eigenvalue weighted by atomic mass is 19.3. The number of nitrogens with zero attached hydrogens (tertiary/aromatic N) is 5. The predicted molar refractivity (Wildman–Crippen MR) is 106 cm³/mol. The highest BCUT2D eigenvalue weighted by molar-refractivity contribution is 5.93. The minimum Gasteiger partial charge on any atom is -0.446 e. The molecule has 2 fully saturated rings. The number of ether oxygens (including phenoxy) is 1. The normalized spacial score (nSPS) is 17.6. The first-order valence-electron chi connectivity index (χ1n) is 10.1. The van der Waals surface area contributed by atoms with E-state index in [0.717, 1.165) is 41.2 Å². The van der Waals surface area contributed by atoms with Crippen molar-refractivity contribution in [2.45, 2.75) is 31.9 Å². The molecule has 0 spiro atoms. The van der Waals surface area contributed by atoms with E-state index in [4.69, 9.17) is 4.74 Å². The van der Waals surface area contributed by atoms with Gasteiger partial charge in [-0.05, 0) is 31.4 Å². The number of fused-ring (bicyclic) bond motifs is 1. The number of hydrogen-bond donors (Lipinski definition) is 1. The van der Waals surface area contributed by atoms with Gasteiger partial charge >= 0.3 is 12.6 Å². The number of carbonyl (C=O) groups excluding carboxylic acids is 1. The molecule has 0 bridgehead atoms. The maximum Gasteiger partial charge on any atom is 0.410 e. The lowest BCUT2D eigenvalue weighted by molar-refractivity contribution is 0.0259. The third-order valence-corrected chi connectivity index (χ3v) is 5.81. The van der Waals surface area contributed by atoms with E-state index in [1.54, 1.807) is 11.1 Å². The van der Waals surface area contributed by atoms with E-state index in [9.17, 15) is 13.6 Å². The molecular weight excluding hydrogens is 394 g/mol. The van der Waals surface area contributed by atoms with E-state index >= 15 is 0 Å². The number of piperazine rings is 1. The molecule has 158 valence electrons. The number of carbonyl (C=O) groups is 1. The molecule has 0 unspecified atom stereocenters. The summed E-state index contributed by atoms with van der Waals surface area (Å²) < 4.78 is 32.0. The van der Waals surface area contributed by atoms with Crippen LogP contribution in [0.15, 0.2) is 30.9 Å². The summed E-state index contributed by atoms with van der Waals surface area (Å²) in [6.07, 6.45) is 7.05. The molecule has 5 rings (SSSR count). The molecule has 1 aliphatic carbocycles. The van der Waals surface area contributed by atoms with Crippen LogP contribution in [0.5, 0.6) is 0 Å². The number of imidazole rings is 1. The van der Waals surface area contributed by atoms with Gasteiger partial charge in [0.15, 0.2) is 0 Å². The van der Waals surface area contributed by atoms with E-state index in [1.165, 1.54) is 6.20 Å². The van der Waals surface area contributed by atoms with E-state index in [1.807, 2.05) is 12.1 Å². The second-order valence-corrected chi connectivity index (χ2v) is 7.67. The molecule has 2 aliphatic rings. The fourth-order valence-corrected chi connectivity index (χ4v) is 3.84. The van der Waals surface area contributed by atoms with E-state index < -0.39 is 6.55 Å². The van der Waals surface area contributed by atoms with Crippen LogP contribution in [0.25, 0.3) is 22.4 Å². The van der Waals surface area contributed by atoms with E-state index in [2.05, 4.69) is 19.9 Å². The molecule has 1 aliphatic heterocycles. The summed E-state index contributed by atoms with van der Waals surface area (Å²) in [6, 6.07) is 3.81. The third kappa shape index (κ3) is 3.46. The van der Waals surface area contributed by atoms with Gasteiger partial charge < -0.3 is 19.5 Å². The smallest absolute Gasteiger partial charge is 0.410 e. The quantitative estimate of drug-likeness (QED) is 0.703. The van der Waals surface area contributed by atoms with Gasteiger partial charge in [-0.25, -0.2) is 14.8 Å². The van der Waals surface area contributed by atoms with Crippen molar-refractivity contribution in [3.63, 3.8) is 0 Å². The van der Waals surface area contributed by atoms with Crippen LogP contribution < -0.4 is 4.90 Å². The number of pyridine rings is 1. The Bertz CT molecular complexity index is 1050. The van der Waals surface area contributed by atoms with Crippen LogP contribution in [0.4, 0.5) is 19.3 Å². The van der Waals surface area contributed by atoms with Crippen LogP contribution >= 0.6 is 0 Å². The predicted octanol–water partition coefficient (Wildman–Crippen LogP) is 3.63. The second kappa shape index (κ2) is 7.58. The Morgan fingerprint density at radius 2 is 2.00 bits per heavy atom. The minimum absolute atomic E-state index is 0.0853. The Kier molecular flexibility index (Phi) is 4.76. The average molecular weight is 416 g/mol. The lowest BCUT2D eigenvalue weighted by Crippen LogP contribution is -2.49. The van der Waals surface area contributed by atoms with Gasteiger partial charge in [-0.15, -0.1) is 0 Å². The van der Waals surface area contributed by atoms with Gasteiger partial charge in [-0.1, -0.05) is 0 Å². The molecule has 1 N–H and O–H groups in total. The number of hydrogen-bond acceptors (Lipinski definition) is 5. The summed E-state index contributed by atoms with van der Waals surface area (Å²) >= 11 is 0. The summed E-state index contributed by atoms with van der Waals surface area (Å²) in [5.74, 6) is 0. The molecule has 0 aromatic carbocycles. The Hall–Kier alpha value is -3.17. The SMILES string of the molecule is O=C(OC1CCC1)N1CCN(c2ccnc3[nH]c(-c4cn(C(F)F)cn4)cc23)CC1. The molecule has 1 saturated carbocycles. The topological polar surface area (TPSA) is 79.3 Å². The Labute approximate surface area is 171 Å². The molecule has 1 saturated heterocycles. The Balaban J connectivity index is 1.32. The van der Waals surface area contributed by atoms with Crippen LogP contribution in [0, 0.1) is 0 Å². The molecule has 3 aromatic heterocycles. The molecule has 0 radical (unpaired) electrons. The van der Waals surface area contributed by atoms with Crippen molar-refractivity contribution in [2.24, 2.45) is 0 Å². The summed E-state index contributed by atoms with van der Waals surface area (Å²) in [6.45, 7) is -0.0908. The first kappa shape index (κ1) is 18.8. The zero-order valence-corrected chi connectivity index (χ0v) is 16.3. The molecular formula is C20H22F2N6O2. The first-order valence-corrected chi connectivity index (χ1v) is 10.1. The molecule has 10 heteroatoms. The number of anilines is 1. The van der Waals surface area contributed by atoms with Gasteiger partial charge in [0.05, 0.1) is 12.0 Å². The van der Waals surface area contributed by atoms with Gasteiger partial charge in [-0.2, -0.15) is 8.78 Å². The molecule has 4 heterocycles. The second-order valence-electron chi connectivity index (χ2n) is 7.67. The number of H-pyrrole nitrogens is 1. The van der Waals surface area contributed by atoms with Crippen molar-refractivity contribution in [3.8, 4) is 11.4 Å². The highest BCUT2D eigenvalue weighted by Gasteiger charge is 2.28. The van der Waals surface area contributed by atoms with Gasteiger partial charge in [0.1, 0.15) is 17.4 Å². The van der Waals surface area contributed by atoms with Gasteiger partial charge in [0, 0.05) is 49.6 Å². The summed E-state index contributed by atoms with van der Waals surface area (Å²) in [7, 11) is 0. The van der Waals surface area contributed by atoms with Crippen LogP contribution in [-0.2, 0) is 4.74 Å². The third-order valence-electron chi connectivity index (χ3n) is 5.81. The maximum absolute atomic E-state index is 12.8. The zero-order valence-electron chi connectivity index (χ0n) is 16.3. The molecule has 8 nitrogen and oxygen atoms in total. The fourth-order valence-electron chi connectivity index (χ4n) is 3.84. The van der Waals surface area contributed by atoms with Crippen LogP contribution in [0.2, 0.25) is 0 Å². The van der Waals surface area contributed by atoms with Gasteiger partial charge in [-0.3, -0.25) is 4.57 Å². The van der Waals surface area contributed by atoms with Crippen molar-refractivity contribution in [2.75, 3.05) is 31.1 Å². The summed E-state index contributed by atoms with van der Waals surface area (Å²) in [5, 5.41) is 0.893. The standard InChI is InChI=1S/C20H22F2N6O2/c21-19(22)28-11-16(24-12-28)15-10-14-17(4-5-23-18(14)25-15)26-6-8-27(9-7-26)20(29)30-13-2-1-3-13/h4-5,10-13,19H,1-3,6-9H2,(H,23,25). The molecule has 1 amide bonds. The zero-order chi connectivity index (χ0) is 20.7. The maximum atomic E-state index is 12.8. The number of nitrogens with one attached hydrogen (secondary N) is 1. The lowest BCUT2D eigenvalue weighted by Gasteiger charge is -2.37. The lowest BCUT2D eigenvalue weighted by atomic mass is 9.96. The van der Waals surface area contributed by atoms with Crippen molar-refractivity contribution < 1.29 is 18.3 Å². The van der Waals surface area contributed by atoms with Crippen molar-refractivity contribution in [1.82, 2.24) is 24.4 Å². The average Bonchev–Trinajstić information content (AvgIpc) is 3.37. The van der Waals surface area contributed by atoms with Crippen LogP contribution in [0.1, 0.15) is 25.8 Å². The molecule has 0 atom stereocenters. The minimum atomic E-state index is -2.63.